The summed E-state index contributed by atoms with van der Waals surface area (Å²) in [5.41, 5.74) is 6.57. The highest BCUT2D eigenvalue weighted by atomic mass is 31.2. The highest BCUT2D eigenvalue weighted by molar-refractivity contribution is 7.52. The fraction of sp³-hybridized carbons (Fsp3) is 0.364. The summed E-state index contributed by atoms with van der Waals surface area (Å²) in [5, 5.41) is 2.21. The van der Waals surface area contributed by atoms with Crippen molar-refractivity contribution in [1.29, 1.82) is 0 Å². The van der Waals surface area contributed by atoms with E-state index in [0.717, 1.165) is 5.56 Å². The van der Waals surface area contributed by atoms with Gasteiger partial charge in [0.25, 0.3) is 0 Å². The zero-order valence-electron chi connectivity index (χ0n) is 9.98. The molecule has 0 aromatic heterocycles. The lowest BCUT2D eigenvalue weighted by Crippen LogP contribution is -2.45. The maximum absolute atomic E-state index is 11.6. The van der Waals surface area contributed by atoms with E-state index < -0.39 is 25.3 Å². The van der Waals surface area contributed by atoms with E-state index in [1.807, 2.05) is 30.3 Å². The minimum Gasteiger partial charge on any atom is -0.341 e. The Hall–Kier alpha value is -1.20. The first-order valence-corrected chi connectivity index (χ1v) is 7.14. The van der Waals surface area contributed by atoms with Crippen LogP contribution in [0.2, 0.25) is 0 Å². The molecule has 0 heterocycles. The summed E-state index contributed by atoms with van der Waals surface area (Å²) in [7, 11) is -4.32. The maximum Gasteiger partial charge on any atom is 0.347 e. The number of carbonyl (C=O) groups excluding carboxylic acids is 1. The standard InChI is InChI=1S/C11H17N2O4P/c1-8(18(15,16)17)13-11(14)10(12)7-9-5-3-2-4-6-9/h2-6,8,10H,7,12H2,1H3,(H,13,14)(H2,15,16,17)/t8-,10+/m1/s1. The maximum atomic E-state index is 11.6. The van der Waals surface area contributed by atoms with E-state index in [9.17, 15) is 9.36 Å². The average molecular weight is 272 g/mol. The molecular weight excluding hydrogens is 255 g/mol. The van der Waals surface area contributed by atoms with E-state index in [-0.39, 0.29) is 0 Å². The first-order chi connectivity index (χ1) is 8.30. The number of hydrogen-bond donors (Lipinski definition) is 4. The van der Waals surface area contributed by atoms with E-state index >= 15 is 0 Å². The number of nitrogens with two attached hydrogens (primary N) is 1. The van der Waals surface area contributed by atoms with Crippen molar-refractivity contribution in [1.82, 2.24) is 5.32 Å². The van der Waals surface area contributed by atoms with Crippen LogP contribution in [0.4, 0.5) is 0 Å². The van der Waals surface area contributed by atoms with Crippen molar-refractivity contribution in [2.75, 3.05) is 0 Å². The second kappa shape index (κ2) is 6.11. The quantitative estimate of drug-likeness (QED) is 0.572. The summed E-state index contributed by atoms with van der Waals surface area (Å²) in [5.74, 6) is -1.80. The SMILES string of the molecule is C[C@H](NC(=O)[C@@H](N)Cc1ccccc1)P(=O)(O)O. The van der Waals surface area contributed by atoms with Crippen LogP contribution < -0.4 is 11.1 Å². The summed E-state index contributed by atoms with van der Waals surface area (Å²) in [4.78, 5) is 29.3. The Bertz CT molecular complexity index is 446. The third kappa shape index (κ3) is 4.58. The smallest absolute Gasteiger partial charge is 0.341 e. The summed E-state index contributed by atoms with van der Waals surface area (Å²) in [6.45, 7) is 1.24. The number of hydrogen-bond acceptors (Lipinski definition) is 3. The minimum absolute atomic E-state index is 0.320. The highest BCUT2D eigenvalue weighted by Crippen LogP contribution is 2.39. The molecule has 1 aromatic carbocycles. The third-order valence-electron chi connectivity index (χ3n) is 2.49. The van der Waals surface area contributed by atoms with E-state index in [1.165, 1.54) is 6.92 Å². The van der Waals surface area contributed by atoms with Crippen LogP contribution in [0.5, 0.6) is 0 Å². The van der Waals surface area contributed by atoms with E-state index in [1.54, 1.807) is 0 Å². The monoisotopic (exact) mass is 272 g/mol. The second-order valence-electron chi connectivity index (χ2n) is 4.07. The molecule has 18 heavy (non-hydrogen) atoms. The Morgan fingerprint density at radius 3 is 2.44 bits per heavy atom. The molecule has 0 saturated heterocycles. The van der Waals surface area contributed by atoms with Gasteiger partial charge in [-0.15, -0.1) is 0 Å². The van der Waals surface area contributed by atoms with Crippen molar-refractivity contribution < 1.29 is 19.1 Å². The van der Waals surface area contributed by atoms with Gasteiger partial charge in [-0.05, 0) is 18.9 Å². The number of amides is 1. The fourth-order valence-electron chi connectivity index (χ4n) is 1.36. The number of nitrogens with one attached hydrogen (secondary N) is 1. The van der Waals surface area contributed by atoms with Crippen molar-refractivity contribution in [3.05, 3.63) is 35.9 Å². The molecule has 1 amide bonds. The van der Waals surface area contributed by atoms with Crippen LogP contribution in [-0.4, -0.2) is 27.5 Å². The molecule has 0 aliphatic carbocycles. The molecule has 0 aliphatic rings. The molecule has 6 nitrogen and oxygen atoms in total. The van der Waals surface area contributed by atoms with Gasteiger partial charge < -0.3 is 20.8 Å². The normalized spacial score (nSPS) is 14.9. The molecule has 0 fully saturated rings. The zero-order valence-corrected chi connectivity index (χ0v) is 10.9. The van der Waals surface area contributed by atoms with Gasteiger partial charge in [0.05, 0.1) is 6.04 Å². The fourth-order valence-corrected chi connectivity index (χ4v) is 1.65. The van der Waals surface area contributed by atoms with Gasteiger partial charge in [0.15, 0.2) is 0 Å². The molecule has 0 bridgehead atoms. The summed E-state index contributed by atoms with van der Waals surface area (Å²) >= 11 is 0. The van der Waals surface area contributed by atoms with Gasteiger partial charge in [0.2, 0.25) is 5.91 Å². The van der Waals surface area contributed by atoms with E-state index in [0.29, 0.717) is 6.42 Å². The Balaban J connectivity index is 2.55. The lowest BCUT2D eigenvalue weighted by molar-refractivity contribution is -0.122. The first kappa shape index (κ1) is 14.9. The van der Waals surface area contributed by atoms with Crippen LogP contribution in [0.15, 0.2) is 30.3 Å². The molecule has 5 N–H and O–H groups in total. The van der Waals surface area contributed by atoms with E-state index in [2.05, 4.69) is 5.32 Å². The third-order valence-corrected chi connectivity index (χ3v) is 3.63. The minimum atomic E-state index is -4.32. The predicted octanol–water partition coefficient (Wildman–Crippen LogP) is 0.196. The van der Waals surface area contributed by atoms with Crippen molar-refractivity contribution in [2.24, 2.45) is 5.73 Å². The van der Waals surface area contributed by atoms with Gasteiger partial charge in [0, 0.05) is 0 Å². The number of benzene rings is 1. The van der Waals surface area contributed by atoms with Gasteiger partial charge in [-0.2, -0.15) is 0 Å². The number of carbonyl (C=O) groups is 1. The summed E-state index contributed by atoms with van der Waals surface area (Å²) in [6, 6.07) is 8.35. The largest absolute Gasteiger partial charge is 0.347 e. The molecule has 0 saturated carbocycles. The van der Waals surface area contributed by atoms with Crippen LogP contribution in [0.1, 0.15) is 12.5 Å². The molecule has 0 radical (unpaired) electrons. The second-order valence-corrected chi connectivity index (χ2v) is 6.02. The molecule has 0 aliphatic heterocycles. The summed E-state index contributed by atoms with van der Waals surface area (Å²) in [6.07, 6.45) is 0.320. The van der Waals surface area contributed by atoms with Crippen LogP contribution >= 0.6 is 7.60 Å². The Labute approximate surface area is 105 Å². The van der Waals surface area contributed by atoms with Gasteiger partial charge in [0.1, 0.15) is 5.78 Å². The average Bonchev–Trinajstić information content (AvgIpc) is 2.28. The van der Waals surface area contributed by atoms with Crippen molar-refractivity contribution in [3.8, 4) is 0 Å². The Kier molecular flexibility index (Phi) is 5.04. The van der Waals surface area contributed by atoms with Crippen molar-refractivity contribution >= 4 is 13.5 Å². The highest BCUT2D eigenvalue weighted by Gasteiger charge is 2.27. The van der Waals surface area contributed by atoms with Crippen LogP contribution in [0.25, 0.3) is 0 Å². The van der Waals surface area contributed by atoms with Crippen LogP contribution in [0, 0.1) is 0 Å². The molecule has 100 valence electrons. The topological polar surface area (TPSA) is 113 Å². The molecule has 2 atom stereocenters. The lowest BCUT2D eigenvalue weighted by atomic mass is 10.1. The first-order valence-electron chi connectivity index (χ1n) is 5.46. The van der Waals surface area contributed by atoms with Crippen molar-refractivity contribution in [2.45, 2.75) is 25.2 Å². The molecule has 1 rings (SSSR count). The van der Waals surface area contributed by atoms with Gasteiger partial charge in [-0.3, -0.25) is 9.36 Å². The molecule has 1 aromatic rings. The summed E-state index contributed by atoms with van der Waals surface area (Å²) < 4.78 is 10.9. The Morgan fingerprint density at radius 2 is 1.94 bits per heavy atom. The van der Waals surface area contributed by atoms with E-state index in [4.69, 9.17) is 15.5 Å². The Morgan fingerprint density at radius 1 is 1.39 bits per heavy atom. The molecule has 0 spiro atoms. The number of rotatable bonds is 5. The lowest BCUT2D eigenvalue weighted by Gasteiger charge is -2.18. The zero-order chi connectivity index (χ0) is 13.8. The van der Waals surface area contributed by atoms with Crippen LogP contribution in [-0.2, 0) is 15.8 Å². The van der Waals surface area contributed by atoms with Gasteiger partial charge in [-0.25, -0.2) is 0 Å². The molecular formula is C11H17N2O4P. The van der Waals surface area contributed by atoms with Gasteiger partial charge >= 0.3 is 7.60 Å². The van der Waals surface area contributed by atoms with Crippen molar-refractivity contribution in [3.63, 3.8) is 0 Å². The molecule has 7 heteroatoms. The predicted molar refractivity (Wildman–Crippen MR) is 67.8 cm³/mol. The van der Waals surface area contributed by atoms with Gasteiger partial charge in [-0.1, -0.05) is 30.3 Å². The molecule has 0 unspecified atom stereocenters. The van der Waals surface area contributed by atoms with Crippen LogP contribution in [0.3, 0.4) is 0 Å².